The lowest BCUT2D eigenvalue weighted by Crippen LogP contribution is -2.16. The molecule has 0 bridgehead atoms. The Labute approximate surface area is 171 Å². The summed E-state index contributed by atoms with van der Waals surface area (Å²) in [5, 5.41) is 11.6. The number of rotatable bonds is 4. The van der Waals surface area contributed by atoms with E-state index in [0.29, 0.717) is 11.4 Å². The molecule has 146 valence electrons. The fourth-order valence-electron chi connectivity index (χ4n) is 2.90. The number of hydrogen-bond acceptors (Lipinski definition) is 5. The second kappa shape index (κ2) is 8.57. The molecule has 1 heterocycles. The van der Waals surface area contributed by atoms with Gasteiger partial charge >= 0.3 is 0 Å². The summed E-state index contributed by atoms with van der Waals surface area (Å²) in [6.07, 6.45) is 1.39. The van der Waals surface area contributed by atoms with Crippen LogP contribution < -0.4 is 11.1 Å². The van der Waals surface area contributed by atoms with Crippen molar-refractivity contribution in [3.63, 3.8) is 0 Å². The average Bonchev–Trinajstić information content (AvgIpc) is 2.67. The molecule has 0 saturated carbocycles. The molecule has 0 aliphatic rings. The van der Waals surface area contributed by atoms with Gasteiger partial charge in [-0.3, -0.25) is 5.41 Å². The number of aromatic nitrogens is 2. The molecule has 0 aliphatic heterocycles. The summed E-state index contributed by atoms with van der Waals surface area (Å²) in [5.74, 6) is 6.83. The van der Waals surface area contributed by atoms with Gasteiger partial charge in [0.15, 0.2) is 0 Å². The molecular formula is C24H25N5. The Kier molecular flexibility index (Phi) is 5.94. The van der Waals surface area contributed by atoms with Gasteiger partial charge < -0.3 is 11.1 Å². The summed E-state index contributed by atoms with van der Waals surface area (Å²) >= 11 is 0. The van der Waals surface area contributed by atoms with Gasteiger partial charge in [0.2, 0.25) is 0 Å². The molecule has 0 unspecified atom stereocenters. The van der Waals surface area contributed by atoms with E-state index in [9.17, 15) is 0 Å². The fourth-order valence-corrected chi connectivity index (χ4v) is 2.90. The lowest BCUT2D eigenvalue weighted by molar-refractivity contribution is 0.886. The van der Waals surface area contributed by atoms with Crippen LogP contribution in [0.5, 0.6) is 0 Å². The largest absolute Gasteiger partial charge is 0.383 e. The molecule has 3 aromatic rings. The zero-order valence-electron chi connectivity index (χ0n) is 17.2. The number of hydrogen-bond donors (Lipinski definition) is 3. The number of nitrogens with two attached hydrogens (primary N) is 1. The number of aryl methyl sites for hydroxylation is 2. The summed E-state index contributed by atoms with van der Waals surface area (Å²) in [4.78, 5) is 8.24. The first kappa shape index (κ1) is 20.1. The van der Waals surface area contributed by atoms with Crippen LogP contribution in [0.3, 0.4) is 0 Å². The Morgan fingerprint density at radius 2 is 1.72 bits per heavy atom. The van der Waals surface area contributed by atoms with Gasteiger partial charge in [-0.2, -0.15) is 0 Å². The molecule has 0 spiro atoms. The van der Waals surface area contributed by atoms with E-state index in [4.69, 9.17) is 11.1 Å². The van der Waals surface area contributed by atoms with Crippen molar-refractivity contribution in [2.45, 2.75) is 33.7 Å². The first-order valence-corrected chi connectivity index (χ1v) is 9.51. The minimum atomic E-state index is 0.0892. The first-order valence-electron chi connectivity index (χ1n) is 9.51. The molecule has 5 nitrogen and oxygen atoms in total. The van der Waals surface area contributed by atoms with E-state index in [-0.39, 0.29) is 17.6 Å². The van der Waals surface area contributed by atoms with Gasteiger partial charge in [-0.05, 0) is 56.4 Å². The predicted octanol–water partition coefficient (Wildman–Crippen LogP) is 4.58. The highest BCUT2D eigenvalue weighted by atomic mass is 15.0. The van der Waals surface area contributed by atoms with Crippen molar-refractivity contribution in [2.24, 2.45) is 0 Å². The third-order valence-electron chi connectivity index (χ3n) is 4.50. The third kappa shape index (κ3) is 4.80. The van der Waals surface area contributed by atoms with Crippen molar-refractivity contribution in [1.29, 1.82) is 5.41 Å². The van der Waals surface area contributed by atoms with Crippen molar-refractivity contribution < 1.29 is 0 Å². The van der Waals surface area contributed by atoms with E-state index in [1.165, 1.54) is 11.9 Å². The van der Waals surface area contributed by atoms with E-state index < -0.39 is 0 Å². The van der Waals surface area contributed by atoms with E-state index in [1.54, 1.807) is 0 Å². The third-order valence-corrected chi connectivity index (χ3v) is 4.50. The van der Waals surface area contributed by atoms with Crippen LogP contribution >= 0.6 is 0 Å². The first-order chi connectivity index (χ1) is 13.8. The Hall–Kier alpha value is -3.65. The molecule has 0 amide bonds. The smallest absolute Gasteiger partial charge is 0.141 e. The SMILES string of the molecule is Cc1ccc(-c2ccc(C)c(C#CC(=N)c3c(N)ncnc3NC(C)C)c2)cc1. The highest BCUT2D eigenvalue weighted by molar-refractivity contribution is 6.16. The number of nitrogens with one attached hydrogen (secondary N) is 2. The standard InChI is InChI=1S/C24H25N5/c1-15(2)29-24-22(23(26)27-14-28-24)21(25)12-11-19-13-20(10-7-17(19)4)18-8-5-16(3)6-9-18/h5-10,13-15,25H,1-4H3,(H3,26,27,28,29). The van der Waals surface area contributed by atoms with Crippen molar-refractivity contribution in [2.75, 3.05) is 11.1 Å². The van der Waals surface area contributed by atoms with Crippen LogP contribution in [0.1, 0.15) is 36.1 Å². The van der Waals surface area contributed by atoms with E-state index in [0.717, 1.165) is 22.3 Å². The maximum Gasteiger partial charge on any atom is 0.141 e. The van der Waals surface area contributed by atoms with Gasteiger partial charge in [0.1, 0.15) is 23.7 Å². The summed E-state index contributed by atoms with van der Waals surface area (Å²) < 4.78 is 0. The molecule has 0 radical (unpaired) electrons. The average molecular weight is 383 g/mol. The molecule has 4 N–H and O–H groups in total. The van der Waals surface area contributed by atoms with Crippen LogP contribution in [0.2, 0.25) is 0 Å². The molecule has 29 heavy (non-hydrogen) atoms. The Bertz CT molecular complexity index is 1100. The van der Waals surface area contributed by atoms with Crippen molar-refractivity contribution in [3.05, 3.63) is 71.0 Å². The molecule has 3 rings (SSSR count). The van der Waals surface area contributed by atoms with E-state index >= 15 is 0 Å². The van der Waals surface area contributed by atoms with Crippen LogP contribution in [0.15, 0.2) is 48.8 Å². The molecule has 1 aromatic heterocycles. The van der Waals surface area contributed by atoms with Gasteiger partial charge in [-0.15, -0.1) is 0 Å². The Balaban J connectivity index is 1.95. The van der Waals surface area contributed by atoms with Gasteiger partial charge in [0.25, 0.3) is 0 Å². The van der Waals surface area contributed by atoms with Crippen LogP contribution in [0, 0.1) is 31.1 Å². The maximum absolute atomic E-state index is 8.44. The van der Waals surface area contributed by atoms with Gasteiger partial charge in [-0.1, -0.05) is 47.9 Å². The summed E-state index contributed by atoms with van der Waals surface area (Å²) in [6.45, 7) is 8.08. The zero-order chi connectivity index (χ0) is 21.0. The van der Waals surface area contributed by atoms with Crippen LogP contribution in [-0.4, -0.2) is 21.7 Å². The zero-order valence-corrected chi connectivity index (χ0v) is 17.2. The highest BCUT2D eigenvalue weighted by Gasteiger charge is 2.14. The molecule has 0 fully saturated rings. The minimum Gasteiger partial charge on any atom is -0.383 e. The lowest BCUT2D eigenvalue weighted by atomic mass is 9.99. The maximum atomic E-state index is 8.44. The minimum absolute atomic E-state index is 0.0892. The molecule has 2 aromatic carbocycles. The lowest BCUT2D eigenvalue weighted by Gasteiger charge is -2.13. The number of anilines is 2. The quantitative estimate of drug-likeness (QED) is 0.454. The highest BCUT2D eigenvalue weighted by Crippen LogP contribution is 2.23. The normalized spacial score (nSPS) is 10.4. The molecular weight excluding hydrogens is 358 g/mol. The summed E-state index contributed by atoms with van der Waals surface area (Å²) in [5.41, 5.74) is 11.9. The second-order valence-electron chi connectivity index (χ2n) is 7.30. The van der Waals surface area contributed by atoms with Gasteiger partial charge in [-0.25, -0.2) is 9.97 Å². The number of benzene rings is 2. The molecule has 0 atom stereocenters. The molecule has 5 heteroatoms. The van der Waals surface area contributed by atoms with E-state index in [2.05, 4.69) is 76.5 Å². The topological polar surface area (TPSA) is 87.7 Å². The van der Waals surface area contributed by atoms with Gasteiger partial charge in [0.05, 0.1) is 5.56 Å². The predicted molar refractivity (Wildman–Crippen MR) is 120 cm³/mol. The fraction of sp³-hybridized carbons (Fsp3) is 0.208. The number of nitrogen functional groups attached to an aromatic ring is 1. The van der Waals surface area contributed by atoms with Crippen LogP contribution in [0.4, 0.5) is 11.6 Å². The second-order valence-corrected chi connectivity index (χ2v) is 7.30. The monoisotopic (exact) mass is 383 g/mol. The van der Waals surface area contributed by atoms with Crippen molar-refractivity contribution in [1.82, 2.24) is 9.97 Å². The van der Waals surface area contributed by atoms with Crippen molar-refractivity contribution >= 4 is 17.3 Å². The van der Waals surface area contributed by atoms with Gasteiger partial charge in [0, 0.05) is 11.6 Å². The Morgan fingerprint density at radius 3 is 2.41 bits per heavy atom. The number of nitrogens with zero attached hydrogens (tertiary/aromatic N) is 2. The summed E-state index contributed by atoms with van der Waals surface area (Å²) in [6, 6.07) is 14.7. The van der Waals surface area contributed by atoms with Crippen LogP contribution in [-0.2, 0) is 0 Å². The molecule has 0 aliphatic carbocycles. The van der Waals surface area contributed by atoms with Crippen molar-refractivity contribution in [3.8, 4) is 23.0 Å². The summed E-state index contributed by atoms with van der Waals surface area (Å²) in [7, 11) is 0. The molecule has 0 saturated heterocycles. The Morgan fingerprint density at radius 1 is 1.03 bits per heavy atom. The van der Waals surface area contributed by atoms with E-state index in [1.807, 2.05) is 20.8 Å². The van der Waals surface area contributed by atoms with Crippen LogP contribution in [0.25, 0.3) is 11.1 Å².